The molecule has 0 unspecified atom stereocenters. The predicted octanol–water partition coefficient (Wildman–Crippen LogP) is 1.11. The van der Waals surface area contributed by atoms with E-state index in [1.165, 1.54) is 0 Å². The summed E-state index contributed by atoms with van der Waals surface area (Å²) < 4.78 is 10.9. The molecule has 0 bridgehead atoms. The lowest BCUT2D eigenvalue weighted by atomic mass is 10.3. The van der Waals surface area contributed by atoms with E-state index in [-0.39, 0.29) is 0 Å². The highest BCUT2D eigenvalue weighted by atomic mass is 16.5. The van der Waals surface area contributed by atoms with Gasteiger partial charge in [0.25, 0.3) is 0 Å². The van der Waals surface area contributed by atoms with Crippen LogP contribution < -0.4 is 20.1 Å². The van der Waals surface area contributed by atoms with Crippen molar-refractivity contribution >= 4 is 17.9 Å². The van der Waals surface area contributed by atoms with Crippen molar-refractivity contribution in [1.29, 1.82) is 0 Å². The molecule has 1 aromatic carbocycles. The van der Waals surface area contributed by atoms with Gasteiger partial charge in [0.1, 0.15) is 6.61 Å². The molecule has 0 spiro atoms. The zero-order valence-electron chi connectivity index (χ0n) is 15.5. The first-order valence-corrected chi connectivity index (χ1v) is 8.48. The van der Waals surface area contributed by atoms with E-state index < -0.39 is 11.9 Å². The lowest BCUT2D eigenvalue weighted by molar-refractivity contribution is -0.159. The Kier molecular flexibility index (Phi) is 11.1. The molecule has 0 saturated heterocycles. The van der Waals surface area contributed by atoms with Crippen LogP contribution in [0.5, 0.6) is 11.5 Å². The number of hydrogen-bond donors (Lipinski definition) is 4. The maximum Gasteiger partial charge on any atom is 0.414 e. The van der Waals surface area contributed by atoms with Gasteiger partial charge in [-0.3, -0.25) is 0 Å². The highest BCUT2D eigenvalue weighted by Gasteiger charge is 2.04. The number of aliphatic carboxylic acids is 2. The Hall–Kier alpha value is -3.40. The number of nitrogens with zero attached hydrogens (tertiary/aromatic N) is 2. The summed E-state index contributed by atoms with van der Waals surface area (Å²) in [6, 6.07) is 9.45. The van der Waals surface area contributed by atoms with Crippen molar-refractivity contribution in [3.05, 3.63) is 42.7 Å². The Morgan fingerprint density at radius 1 is 0.964 bits per heavy atom. The van der Waals surface area contributed by atoms with E-state index in [2.05, 4.69) is 20.6 Å². The number of aromatic nitrogens is 2. The van der Waals surface area contributed by atoms with Crippen LogP contribution in [0, 0.1) is 0 Å². The smallest absolute Gasteiger partial charge is 0.414 e. The number of ether oxygens (including phenoxy) is 2. The molecule has 0 aliphatic rings. The molecule has 0 amide bonds. The molecule has 152 valence electrons. The minimum Gasteiger partial charge on any atom is -0.493 e. The molecule has 0 fully saturated rings. The number of anilines is 1. The Labute approximate surface area is 162 Å². The second kappa shape index (κ2) is 13.8. The van der Waals surface area contributed by atoms with Crippen molar-refractivity contribution in [3.63, 3.8) is 0 Å². The summed E-state index contributed by atoms with van der Waals surface area (Å²) in [6.45, 7) is 3.15. The van der Waals surface area contributed by atoms with E-state index in [1.54, 1.807) is 25.6 Å². The fraction of sp³-hybridized carbons (Fsp3) is 0.333. The van der Waals surface area contributed by atoms with Crippen LogP contribution in [-0.2, 0) is 9.59 Å². The van der Waals surface area contributed by atoms with Gasteiger partial charge in [-0.05, 0) is 31.2 Å². The summed E-state index contributed by atoms with van der Waals surface area (Å²) in [6.07, 6.45) is 4.44. The monoisotopic (exact) mass is 392 g/mol. The lowest BCUT2D eigenvalue weighted by Gasteiger charge is -2.10. The van der Waals surface area contributed by atoms with Crippen molar-refractivity contribution in [3.8, 4) is 11.5 Å². The third-order valence-corrected chi connectivity index (χ3v) is 3.17. The van der Waals surface area contributed by atoms with Crippen LogP contribution in [0.25, 0.3) is 0 Å². The average molecular weight is 392 g/mol. The van der Waals surface area contributed by atoms with Crippen LogP contribution in [0.1, 0.15) is 6.42 Å². The third kappa shape index (κ3) is 9.92. The van der Waals surface area contributed by atoms with Gasteiger partial charge in [0, 0.05) is 25.5 Å². The number of carbonyl (C=O) groups is 2. The fourth-order valence-electron chi connectivity index (χ4n) is 1.90. The summed E-state index contributed by atoms with van der Waals surface area (Å²) >= 11 is 0. The Morgan fingerprint density at radius 3 is 2.21 bits per heavy atom. The van der Waals surface area contributed by atoms with Crippen LogP contribution in [0.15, 0.2) is 42.7 Å². The SMILES string of the molecule is COc1ccccc1OCCNCCCNc1ncccn1.O=C(O)C(=O)O. The first kappa shape index (κ1) is 22.6. The highest BCUT2D eigenvalue weighted by Crippen LogP contribution is 2.25. The van der Waals surface area contributed by atoms with Gasteiger partial charge < -0.3 is 30.3 Å². The van der Waals surface area contributed by atoms with Crippen molar-refractivity contribution in [2.45, 2.75) is 6.42 Å². The molecule has 10 heteroatoms. The molecule has 28 heavy (non-hydrogen) atoms. The second-order valence-electron chi connectivity index (χ2n) is 5.21. The van der Waals surface area contributed by atoms with E-state index in [0.717, 1.165) is 37.6 Å². The fourth-order valence-corrected chi connectivity index (χ4v) is 1.90. The summed E-state index contributed by atoms with van der Waals surface area (Å²) in [4.78, 5) is 26.4. The molecule has 10 nitrogen and oxygen atoms in total. The van der Waals surface area contributed by atoms with Crippen molar-refractivity contribution in [1.82, 2.24) is 15.3 Å². The van der Waals surface area contributed by atoms with Gasteiger partial charge in [-0.1, -0.05) is 12.1 Å². The average Bonchev–Trinajstić information content (AvgIpc) is 2.71. The third-order valence-electron chi connectivity index (χ3n) is 3.17. The highest BCUT2D eigenvalue weighted by molar-refractivity contribution is 6.27. The number of methoxy groups -OCH3 is 1. The molecule has 1 heterocycles. The summed E-state index contributed by atoms with van der Waals surface area (Å²) in [7, 11) is 1.64. The number of nitrogens with one attached hydrogen (secondary N) is 2. The van der Waals surface area contributed by atoms with E-state index in [4.69, 9.17) is 29.3 Å². The molecule has 0 aliphatic carbocycles. The van der Waals surface area contributed by atoms with Crippen LogP contribution in [-0.4, -0.2) is 65.5 Å². The summed E-state index contributed by atoms with van der Waals surface area (Å²) in [5.74, 6) is -1.45. The largest absolute Gasteiger partial charge is 0.493 e. The number of benzene rings is 1. The van der Waals surface area contributed by atoms with E-state index >= 15 is 0 Å². The van der Waals surface area contributed by atoms with E-state index in [1.807, 2.05) is 24.3 Å². The number of carboxylic acids is 2. The van der Waals surface area contributed by atoms with Gasteiger partial charge in [-0.2, -0.15) is 0 Å². The zero-order chi connectivity index (χ0) is 20.6. The molecule has 0 saturated carbocycles. The van der Waals surface area contributed by atoms with Crippen LogP contribution in [0.3, 0.4) is 0 Å². The zero-order valence-corrected chi connectivity index (χ0v) is 15.5. The van der Waals surface area contributed by atoms with Crippen molar-refractivity contribution < 1.29 is 29.3 Å². The maximum atomic E-state index is 9.10. The molecule has 4 N–H and O–H groups in total. The van der Waals surface area contributed by atoms with Gasteiger partial charge in [0.2, 0.25) is 5.95 Å². The summed E-state index contributed by atoms with van der Waals surface area (Å²) in [5, 5.41) is 21.3. The molecule has 2 rings (SSSR count). The molecule has 0 atom stereocenters. The molecular weight excluding hydrogens is 368 g/mol. The topological polar surface area (TPSA) is 143 Å². The molecular formula is C18H24N4O6. The number of rotatable bonds is 10. The number of para-hydroxylation sites is 2. The first-order chi connectivity index (χ1) is 13.5. The van der Waals surface area contributed by atoms with E-state index in [0.29, 0.717) is 12.6 Å². The normalized spacial score (nSPS) is 9.61. The van der Waals surface area contributed by atoms with Gasteiger partial charge in [0.15, 0.2) is 11.5 Å². The van der Waals surface area contributed by atoms with Crippen LogP contribution >= 0.6 is 0 Å². The van der Waals surface area contributed by atoms with Crippen LogP contribution in [0.2, 0.25) is 0 Å². The number of hydrogen-bond acceptors (Lipinski definition) is 8. The molecule has 0 radical (unpaired) electrons. The van der Waals surface area contributed by atoms with Crippen molar-refractivity contribution in [2.24, 2.45) is 0 Å². The maximum absolute atomic E-state index is 9.10. The quantitative estimate of drug-likeness (QED) is 0.343. The van der Waals surface area contributed by atoms with Gasteiger partial charge in [-0.15, -0.1) is 0 Å². The Morgan fingerprint density at radius 2 is 1.61 bits per heavy atom. The second-order valence-corrected chi connectivity index (χ2v) is 5.21. The minimum atomic E-state index is -1.82. The molecule has 1 aromatic heterocycles. The number of carboxylic acid groups (broad SMARTS) is 2. The van der Waals surface area contributed by atoms with Gasteiger partial charge in [0.05, 0.1) is 7.11 Å². The van der Waals surface area contributed by atoms with Gasteiger partial charge in [-0.25, -0.2) is 19.6 Å². The Bertz CT molecular complexity index is 702. The van der Waals surface area contributed by atoms with Crippen molar-refractivity contribution in [2.75, 3.05) is 38.7 Å². The summed E-state index contributed by atoms with van der Waals surface area (Å²) in [5.41, 5.74) is 0. The standard InChI is InChI=1S/C16H22N4O2.C2H2O4/c1-21-14-6-2-3-7-15(14)22-13-12-17-8-4-9-18-16-19-10-5-11-20-16;3-1(4)2(5)6/h2-3,5-7,10-11,17H,4,8-9,12-13H2,1H3,(H,18,19,20);(H,3,4)(H,5,6). The van der Waals surface area contributed by atoms with Gasteiger partial charge >= 0.3 is 11.9 Å². The first-order valence-electron chi connectivity index (χ1n) is 8.48. The minimum absolute atomic E-state index is 0.607. The molecule has 0 aliphatic heterocycles. The lowest BCUT2D eigenvalue weighted by Crippen LogP contribution is -2.23. The molecule has 2 aromatic rings. The Balaban J connectivity index is 0.000000568. The van der Waals surface area contributed by atoms with E-state index in [9.17, 15) is 0 Å². The van der Waals surface area contributed by atoms with Crippen LogP contribution in [0.4, 0.5) is 5.95 Å². The predicted molar refractivity (Wildman–Crippen MR) is 102 cm³/mol.